The quantitative estimate of drug-likeness (QED) is 0.534. The van der Waals surface area contributed by atoms with E-state index in [1.807, 2.05) is 0 Å². The first kappa shape index (κ1) is 10.2. The standard InChI is InChI=1S/C10H11NO3/c1-13-9-6-11-7-10(14-2)8(9)4-3-5-12/h3-7H,1-2H3/b4-3+. The van der Waals surface area contributed by atoms with Crippen molar-refractivity contribution in [1.82, 2.24) is 4.98 Å². The van der Waals surface area contributed by atoms with Crippen molar-refractivity contribution < 1.29 is 14.3 Å². The molecule has 1 heterocycles. The molecule has 0 aliphatic heterocycles. The third-order valence-corrected chi connectivity index (χ3v) is 1.70. The van der Waals surface area contributed by atoms with Crippen LogP contribution >= 0.6 is 0 Å². The number of allylic oxidation sites excluding steroid dienone is 1. The highest BCUT2D eigenvalue weighted by Crippen LogP contribution is 2.27. The summed E-state index contributed by atoms with van der Waals surface area (Å²) in [6, 6.07) is 0. The molecule has 4 nitrogen and oxygen atoms in total. The first-order valence-electron chi connectivity index (χ1n) is 4.01. The van der Waals surface area contributed by atoms with Crippen molar-refractivity contribution in [3.8, 4) is 11.5 Å². The highest BCUT2D eigenvalue weighted by molar-refractivity contribution is 5.77. The molecule has 0 aliphatic rings. The zero-order valence-corrected chi connectivity index (χ0v) is 8.06. The van der Waals surface area contributed by atoms with Gasteiger partial charge in [-0.1, -0.05) is 0 Å². The van der Waals surface area contributed by atoms with Crippen LogP contribution in [0.2, 0.25) is 0 Å². The van der Waals surface area contributed by atoms with Gasteiger partial charge in [-0.2, -0.15) is 0 Å². The first-order chi connectivity index (χ1) is 6.83. The van der Waals surface area contributed by atoms with E-state index in [4.69, 9.17) is 9.47 Å². The van der Waals surface area contributed by atoms with Crippen molar-refractivity contribution in [3.63, 3.8) is 0 Å². The van der Waals surface area contributed by atoms with E-state index in [2.05, 4.69) is 4.98 Å². The van der Waals surface area contributed by atoms with Crippen molar-refractivity contribution in [3.05, 3.63) is 24.0 Å². The van der Waals surface area contributed by atoms with Crippen molar-refractivity contribution in [1.29, 1.82) is 0 Å². The predicted molar refractivity (Wildman–Crippen MR) is 52.4 cm³/mol. The molecule has 0 N–H and O–H groups in total. The number of rotatable bonds is 4. The van der Waals surface area contributed by atoms with Crippen LogP contribution in [0.25, 0.3) is 6.08 Å². The highest BCUT2D eigenvalue weighted by atomic mass is 16.5. The smallest absolute Gasteiger partial charge is 0.148 e. The fourth-order valence-electron chi connectivity index (χ4n) is 1.06. The molecule has 0 amide bonds. The Kier molecular flexibility index (Phi) is 3.67. The monoisotopic (exact) mass is 193 g/mol. The molecule has 0 spiro atoms. The number of carbonyl (C=O) groups excluding carboxylic acids is 1. The average molecular weight is 193 g/mol. The summed E-state index contributed by atoms with van der Waals surface area (Å²) in [5.74, 6) is 1.14. The number of aromatic nitrogens is 1. The second kappa shape index (κ2) is 5.01. The molecular formula is C10H11NO3. The van der Waals surface area contributed by atoms with Crippen LogP contribution in [0.5, 0.6) is 11.5 Å². The van der Waals surface area contributed by atoms with Crippen LogP contribution in [0.15, 0.2) is 18.5 Å². The molecule has 0 radical (unpaired) electrons. The maximum absolute atomic E-state index is 10.2. The van der Waals surface area contributed by atoms with Crippen LogP contribution < -0.4 is 9.47 Å². The molecule has 4 heteroatoms. The molecule has 74 valence electrons. The molecule has 0 unspecified atom stereocenters. The Hall–Kier alpha value is -1.84. The molecule has 0 aromatic carbocycles. The van der Waals surface area contributed by atoms with Gasteiger partial charge in [0.05, 0.1) is 32.2 Å². The molecule has 1 aromatic heterocycles. The van der Waals surface area contributed by atoms with Crippen LogP contribution in [-0.4, -0.2) is 25.5 Å². The van der Waals surface area contributed by atoms with E-state index in [1.165, 1.54) is 20.3 Å². The number of hydrogen-bond acceptors (Lipinski definition) is 4. The third kappa shape index (κ3) is 2.10. The van der Waals surface area contributed by atoms with Crippen molar-refractivity contribution >= 4 is 12.4 Å². The second-order valence-corrected chi connectivity index (χ2v) is 2.45. The third-order valence-electron chi connectivity index (χ3n) is 1.70. The number of hydrogen-bond donors (Lipinski definition) is 0. The van der Waals surface area contributed by atoms with Crippen LogP contribution in [-0.2, 0) is 4.79 Å². The summed E-state index contributed by atoms with van der Waals surface area (Å²) in [5.41, 5.74) is 0.706. The van der Waals surface area contributed by atoms with Crippen molar-refractivity contribution in [2.75, 3.05) is 14.2 Å². The van der Waals surface area contributed by atoms with Gasteiger partial charge in [0.15, 0.2) is 0 Å². The molecular weight excluding hydrogens is 182 g/mol. The minimum atomic E-state index is 0.572. The number of aldehydes is 1. The molecule has 0 atom stereocenters. The van der Waals surface area contributed by atoms with E-state index in [0.29, 0.717) is 23.3 Å². The zero-order chi connectivity index (χ0) is 10.4. The van der Waals surface area contributed by atoms with Gasteiger partial charge in [0.25, 0.3) is 0 Å². The predicted octanol–water partition coefficient (Wildman–Crippen LogP) is 1.31. The molecule has 14 heavy (non-hydrogen) atoms. The van der Waals surface area contributed by atoms with E-state index >= 15 is 0 Å². The van der Waals surface area contributed by atoms with Gasteiger partial charge in [0.1, 0.15) is 17.8 Å². The number of ether oxygens (including phenoxy) is 2. The minimum absolute atomic E-state index is 0.572. The summed E-state index contributed by atoms with van der Waals surface area (Å²) in [5, 5.41) is 0. The lowest BCUT2D eigenvalue weighted by Crippen LogP contribution is -1.93. The summed E-state index contributed by atoms with van der Waals surface area (Å²) in [4.78, 5) is 14.1. The van der Waals surface area contributed by atoms with Gasteiger partial charge < -0.3 is 9.47 Å². The van der Waals surface area contributed by atoms with Crippen LogP contribution in [0, 0.1) is 0 Å². The lowest BCUT2D eigenvalue weighted by molar-refractivity contribution is -0.104. The van der Waals surface area contributed by atoms with E-state index < -0.39 is 0 Å². The largest absolute Gasteiger partial charge is 0.494 e. The fourth-order valence-corrected chi connectivity index (χ4v) is 1.06. The van der Waals surface area contributed by atoms with Gasteiger partial charge in [0, 0.05) is 0 Å². The van der Waals surface area contributed by atoms with E-state index in [0.717, 1.165) is 0 Å². The first-order valence-corrected chi connectivity index (χ1v) is 4.01. The fraction of sp³-hybridized carbons (Fsp3) is 0.200. The Labute approximate surface area is 82.2 Å². The topological polar surface area (TPSA) is 48.4 Å². The van der Waals surface area contributed by atoms with Crippen LogP contribution in [0.3, 0.4) is 0 Å². The van der Waals surface area contributed by atoms with Gasteiger partial charge in [-0.05, 0) is 12.2 Å². The van der Waals surface area contributed by atoms with E-state index in [1.54, 1.807) is 18.5 Å². The molecule has 0 saturated carbocycles. The van der Waals surface area contributed by atoms with E-state index in [9.17, 15) is 4.79 Å². The second-order valence-electron chi connectivity index (χ2n) is 2.45. The zero-order valence-electron chi connectivity index (χ0n) is 8.06. The van der Waals surface area contributed by atoms with Crippen LogP contribution in [0.4, 0.5) is 0 Å². The number of nitrogens with zero attached hydrogens (tertiary/aromatic N) is 1. The summed E-state index contributed by atoms with van der Waals surface area (Å²) >= 11 is 0. The van der Waals surface area contributed by atoms with E-state index in [-0.39, 0.29) is 0 Å². The van der Waals surface area contributed by atoms with Crippen LogP contribution in [0.1, 0.15) is 5.56 Å². The molecule has 1 rings (SSSR count). The summed E-state index contributed by atoms with van der Waals surface area (Å²) in [6.45, 7) is 0. The van der Waals surface area contributed by atoms with Gasteiger partial charge in [-0.15, -0.1) is 0 Å². The summed E-state index contributed by atoms with van der Waals surface area (Å²) in [7, 11) is 3.07. The normalized spacial score (nSPS) is 10.1. The Morgan fingerprint density at radius 1 is 1.21 bits per heavy atom. The van der Waals surface area contributed by atoms with Gasteiger partial charge >= 0.3 is 0 Å². The average Bonchev–Trinajstić information content (AvgIpc) is 2.25. The Morgan fingerprint density at radius 2 is 1.79 bits per heavy atom. The SMILES string of the molecule is COc1cncc(OC)c1/C=C/C=O. The maximum atomic E-state index is 10.2. The molecule has 0 aliphatic carbocycles. The Bertz CT molecular complexity index is 325. The minimum Gasteiger partial charge on any atom is -0.494 e. The van der Waals surface area contributed by atoms with Gasteiger partial charge in [0.2, 0.25) is 0 Å². The Balaban J connectivity index is 3.18. The lowest BCUT2D eigenvalue weighted by Gasteiger charge is -2.08. The number of carbonyl (C=O) groups is 1. The molecule has 1 aromatic rings. The summed E-state index contributed by atoms with van der Waals surface area (Å²) < 4.78 is 10.2. The number of methoxy groups -OCH3 is 2. The molecule has 0 fully saturated rings. The highest BCUT2D eigenvalue weighted by Gasteiger charge is 2.06. The maximum Gasteiger partial charge on any atom is 0.148 e. The molecule has 0 bridgehead atoms. The van der Waals surface area contributed by atoms with Gasteiger partial charge in [-0.25, -0.2) is 0 Å². The summed E-state index contributed by atoms with van der Waals surface area (Å²) in [6.07, 6.45) is 6.81. The van der Waals surface area contributed by atoms with Gasteiger partial charge in [-0.3, -0.25) is 9.78 Å². The lowest BCUT2D eigenvalue weighted by atomic mass is 10.2. The number of pyridine rings is 1. The van der Waals surface area contributed by atoms with Crippen molar-refractivity contribution in [2.45, 2.75) is 0 Å². The molecule has 0 saturated heterocycles. The van der Waals surface area contributed by atoms with Crippen molar-refractivity contribution in [2.24, 2.45) is 0 Å². The Morgan fingerprint density at radius 3 is 2.21 bits per heavy atom.